The first-order valence-electron chi connectivity index (χ1n) is 6.65. The highest BCUT2D eigenvalue weighted by atomic mass is 35.5. The number of carbonyl (C=O) groups is 1. The summed E-state index contributed by atoms with van der Waals surface area (Å²) in [5.74, 6) is 0.554. The summed E-state index contributed by atoms with van der Waals surface area (Å²) in [7, 11) is 3.01. The van der Waals surface area contributed by atoms with E-state index in [1.807, 2.05) is 0 Å². The standard InChI is InChI=1S/C16H16ClN3O3/c1-22-14-7-10(6-13(17)15(14)23-2)9-19-20-16(21)11-4-3-5-12(18)8-11/h3-9H,18H2,1-2H3,(H,20,21)/b19-9-. The predicted molar refractivity (Wildman–Crippen MR) is 90.5 cm³/mol. The Balaban J connectivity index is 2.11. The third-order valence-corrected chi connectivity index (χ3v) is 3.27. The molecule has 2 rings (SSSR count). The molecule has 0 radical (unpaired) electrons. The van der Waals surface area contributed by atoms with Crippen LogP contribution in [0.1, 0.15) is 15.9 Å². The molecule has 1 amide bonds. The lowest BCUT2D eigenvalue weighted by Gasteiger charge is -2.09. The second kappa shape index (κ2) is 7.51. The van der Waals surface area contributed by atoms with Gasteiger partial charge < -0.3 is 15.2 Å². The largest absolute Gasteiger partial charge is 0.493 e. The van der Waals surface area contributed by atoms with E-state index >= 15 is 0 Å². The zero-order valence-corrected chi connectivity index (χ0v) is 13.4. The number of carbonyl (C=O) groups excluding carboxylic acids is 1. The van der Waals surface area contributed by atoms with Gasteiger partial charge in [-0.15, -0.1) is 0 Å². The second-order valence-corrected chi connectivity index (χ2v) is 4.97. The average molecular weight is 334 g/mol. The molecule has 0 aliphatic rings. The van der Waals surface area contributed by atoms with Crippen LogP contribution in [0.3, 0.4) is 0 Å². The Bertz CT molecular complexity index is 747. The molecule has 0 unspecified atom stereocenters. The Hall–Kier alpha value is -2.73. The number of amides is 1. The van der Waals surface area contributed by atoms with E-state index in [-0.39, 0.29) is 5.91 Å². The van der Waals surface area contributed by atoms with Crippen molar-refractivity contribution in [3.63, 3.8) is 0 Å². The lowest BCUT2D eigenvalue weighted by atomic mass is 10.2. The molecule has 0 spiro atoms. The number of ether oxygens (including phenoxy) is 2. The summed E-state index contributed by atoms with van der Waals surface area (Å²) in [4.78, 5) is 11.9. The Morgan fingerprint density at radius 2 is 2.04 bits per heavy atom. The van der Waals surface area contributed by atoms with Crippen LogP contribution in [0.15, 0.2) is 41.5 Å². The van der Waals surface area contributed by atoms with Gasteiger partial charge in [0.25, 0.3) is 5.91 Å². The number of nitrogens with zero attached hydrogens (tertiary/aromatic N) is 1. The van der Waals surface area contributed by atoms with Crippen LogP contribution in [0.4, 0.5) is 5.69 Å². The monoisotopic (exact) mass is 333 g/mol. The molecule has 0 aliphatic heterocycles. The highest BCUT2D eigenvalue weighted by Gasteiger charge is 2.10. The number of hydrogen-bond acceptors (Lipinski definition) is 5. The topological polar surface area (TPSA) is 85.9 Å². The molecule has 0 bridgehead atoms. The van der Waals surface area contributed by atoms with Crippen molar-refractivity contribution in [2.45, 2.75) is 0 Å². The Morgan fingerprint density at radius 3 is 2.70 bits per heavy atom. The van der Waals surface area contributed by atoms with Crippen LogP contribution in [0.5, 0.6) is 11.5 Å². The van der Waals surface area contributed by atoms with Gasteiger partial charge in [-0.1, -0.05) is 17.7 Å². The molecule has 0 fully saturated rings. The Labute approximate surface area is 138 Å². The van der Waals surface area contributed by atoms with Crippen LogP contribution in [0.2, 0.25) is 5.02 Å². The van der Waals surface area contributed by atoms with Crippen molar-refractivity contribution in [1.82, 2.24) is 5.43 Å². The molecule has 0 saturated carbocycles. The SMILES string of the molecule is COc1cc(/C=N\NC(=O)c2cccc(N)c2)cc(Cl)c1OC. The lowest BCUT2D eigenvalue weighted by molar-refractivity contribution is 0.0955. The number of hydrogen-bond donors (Lipinski definition) is 2. The third-order valence-electron chi connectivity index (χ3n) is 2.98. The van der Waals surface area contributed by atoms with Gasteiger partial charge in [0, 0.05) is 11.3 Å². The number of halogens is 1. The summed E-state index contributed by atoms with van der Waals surface area (Å²) >= 11 is 6.10. The van der Waals surface area contributed by atoms with Gasteiger partial charge in [0.05, 0.1) is 25.5 Å². The minimum Gasteiger partial charge on any atom is -0.493 e. The van der Waals surface area contributed by atoms with E-state index in [0.717, 1.165) is 0 Å². The average Bonchev–Trinajstić information content (AvgIpc) is 2.54. The van der Waals surface area contributed by atoms with Crippen LogP contribution in [-0.2, 0) is 0 Å². The van der Waals surface area contributed by atoms with E-state index in [4.69, 9.17) is 26.8 Å². The summed E-state index contributed by atoms with van der Waals surface area (Å²) < 4.78 is 10.3. The van der Waals surface area contributed by atoms with Crippen LogP contribution in [0, 0.1) is 0 Å². The molecule has 0 aliphatic carbocycles. The highest BCUT2D eigenvalue weighted by molar-refractivity contribution is 6.32. The molecule has 6 nitrogen and oxygen atoms in total. The van der Waals surface area contributed by atoms with E-state index in [1.54, 1.807) is 36.4 Å². The van der Waals surface area contributed by atoms with Crippen molar-refractivity contribution in [3.05, 3.63) is 52.5 Å². The van der Waals surface area contributed by atoms with Gasteiger partial charge in [0.2, 0.25) is 0 Å². The van der Waals surface area contributed by atoms with Crippen molar-refractivity contribution in [3.8, 4) is 11.5 Å². The molecule has 0 atom stereocenters. The quantitative estimate of drug-likeness (QED) is 0.500. The summed E-state index contributed by atoms with van der Waals surface area (Å²) in [5.41, 5.74) is 9.64. The number of anilines is 1. The molecule has 3 N–H and O–H groups in total. The van der Waals surface area contributed by atoms with Gasteiger partial charge in [-0.05, 0) is 35.9 Å². The van der Waals surface area contributed by atoms with Crippen LogP contribution < -0.4 is 20.6 Å². The maximum absolute atomic E-state index is 11.9. The molecule has 7 heteroatoms. The number of methoxy groups -OCH3 is 2. The van der Waals surface area contributed by atoms with Gasteiger partial charge >= 0.3 is 0 Å². The van der Waals surface area contributed by atoms with Crippen LogP contribution in [0.25, 0.3) is 0 Å². The lowest BCUT2D eigenvalue weighted by Crippen LogP contribution is -2.17. The van der Waals surface area contributed by atoms with Crippen LogP contribution >= 0.6 is 11.6 Å². The molecule has 2 aromatic rings. The van der Waals surface area contributed by atoms with Crippen molar-refractivity contribution >= 4 is 29.4 Å². The zero-order valence-electron chi connectivity index (χ0n) is 12.7. The number of benzene rings is 2. The number of hydrazone groups is 1. The number of nitrogens with two attached hydrogens (primary N) is 1. The van der Waals surface area contributed by atoms with Gasteiger partial charge in [0.1, 0.15) is 0 Å². The molecule has 2 aromatic carbocycles. The highest BCUT2D eigenvalue weighted by Crippen LogP contribution is 2.35. The maximum Gasteiger partial charge on any atom is 0.271 e. The molecular weight excluding hydrogens is 318 g/mol. The van der Waals surface area contributed by atoms with E-state index in [0.29, 0.717) is 33.3 Å². The summed E-state index contributed by atoms with van der Waals surface area (Å²) in [6.45, 7) is 0. The van der Waals surface area contributed by atoms with Gasteiger partial charge in [-0.2, -0.15) is 5.10 Å². The summed E-state index contributed by atoms with van der Waals surface area (Å²) in [5, 5.41) is 4.28. The van der Waals surface area contributed by atoms with Gasteiger partial charge in [-0.3, -0.25) is 4.79 Å². The molecule has 0 heterocycles. The number of nitrogen functional groups attached to an aromatic ring is 1. The minimum absolute atomic E-state index is 0.361. The molecule has 0 aromatic heterocycles. The van der Waals surface area contributed by atoms with E-state index in [1.165, 1.54) is 20.4 Å². The maximum atomic E-state index is 11.9. The van der Waals surface area contributed by atoms with Crippen LogP contribution in [-0.4, -0.2) is 26.3 Å². The van der Waals surface area contributed by atoms with Crippen molar-refractivity contribution in [2.24, 2.45) is 5.10 Å². The van der Waals surface area contributed by atoms with Gasteiger partial charge in [0.15, 0.2) is 11.5 Å². The van der Waals surface area contributed by atoms with E-state index in [2.05, 4.69) is 10.5 Å². The van der Waals surface area contributed by atoms with E-state index in [9.17, 15) is 4.79 Å². The van der Waals surface area contributed by atoms with Crippen molar-refractivity contribution in [2.75, 3.05) is 20.0 Å². The normalized spacial score (nSPS) is 10.6. The van der Waals surface area contributed by atoms with Crippen molar-refractivity contribution < 1.29 is 14.3 Å². The first-order valence-corrected chi connectivity index (χ1v) is 7.03. The fourth-order valence-electron chi connectivity index (χ4n) is 1.92. The zero-order chi connectivity index (χ0) is 16.8. The number of nitrogens with one attached hydrogen (secondary N) is 1. The third kappa shape index (κ3) is 4.14. The van der Waals surface area contributed by atoms with E-state index < -0.39 is 0 Å². The second-order valence-electron chi connectivity index (χ2n) is 4.56. The molecule has 120 valence electrons. The molecular formula is C16H16ClN3O3. The van der Waals surface area contributed by atoms with Gasteiger partial charge in [-0.25, -0.2) is 5.43 Å². The first-order chi connectivity index (χ1) is 11.0. The Kier molecular flexibility index (Phi) is 5.43. The number of rotatable bonds is 5. The molecule has 0 saturated heterocycles. The smallest absolute Gasteiger partial charge is 0.271 e. The minimum atomic E-state index is -0.361. The first kappa shape index (κ1) is 16.6. The predicted octanol–water partition coefficient (Wildman–Crippen LogP) is 2.70. The fraction of sp³-hybridized carbons (Fsp3) is 0.125. The summed E-state index contributed by atoms with van der Waals surface area (Å²) in [6, 6.07) is 9.96. The molecule has 23 heavy (non-hydrogen) atoms. The summed E-state index contributed by atoms with van der Waals surface area (Å²) in [6.07, 6.45) is 1.46. The fourth-order valence-corrected chi connectivity index (χ4v) is 2.22. The van der Waals surface area contributed by atoms with Crippen molar-refractivity contribution in [1.29, 1.82) is 0 Å². The Morgan fingerprint density at radius 1 is 1.26 bits per heavy atom.